The second-order valence-corrected chi connectivity index (χ2v) is 7.71. The second-order valence-electron chi connectivity index (χ2n) is 7.71. The minimum absolute atomic E-state index is 0.597. The van der Waals surface area contributed by atoms with Crippen LogP contribution in [0, 0.1) is 0 Å². The zero-order chi connectivity index (χ0) is 23.5. The summed E-state index contributed by atoms with van der Waals surface area (Å²) >= 11 is 0. The van der Waals surface area contributed by atoms with Crippen LogP contribution in [0.1, 0.15) is 38.3 Å². The Bertz CT molecular complexity index is 1060. The van der Waals surface area contributed by atoms with Gasteiger partial charge in [0, 0.05) is 10.8 Å². The largest absolute Gasteiger partial charge is 0.493 e. The van der Waals surface area contributed by atoms with Gasteiger partial charge in [0.15, 0.2) is 0 Å². The first-order chi connectivity index (χ1) is 16.2. The fraction of sp³-hybridized carbons (Fsp3) is 0.310. The standard InChI is InChI=1S/C27H28O2.C2H7NO/c1-3-28-26-18-16-20(22-12-5-7-14-24(22)26)10-9-11-21-17-19-27(29-4-2)25-15-8-6-13-23(21)25;1-2-4-3/h5-8,12-19H,3-4,9-11H2,1-2H3;2-3H2,1H3. The van der Waals surface area contributed by atoms with Crippen molar-refractivity contribution in [3.63, 3.8) is 0 Å². The lowest BCUT2D eigenvalue weighted by molar-refractivity contribution is 0.152. The Morgan fingerprint density at radius 1 is 0.545 bits per heavy atom. The molecule has 0 aliphatic carbocycles. The van der Waals surface area contributed by atoms with Gasteiger partial charge in [-0.15, -0.1) is 0 Å². The molecule has 174 valence electrons. The van der Waals surface area contributed by atoms with Crippen molar-refractivity contribution in [2.45, 2.75) is 40.0 Å². The molecule has 0 amide bonds. The highest BCUT2D eigenvalue weighted by Gasteiger charge is 2.09. The predicted octanol–water partition coefficient (Wildman–Crippen LogP) is 6.86. The smallest absolute Gasteiger partial charge is 0.127 e. The number of hydrogen-bond acceptors (Lipinski definition) is 4. The average molecular weight is 446 g/mol. The summed E-state index contributed by atoms with van der Waals surface area (Å²) in [5, 5.41) is 5.02. The highest BCUT2D eigenvalue weighted by atomic mass is 16.6. The molecule has 4 nitrogen and oxygen atoms in total. The van der Waals surface area contributed by atoms with E-state index in [4.69, 9.17) is 9.47 Å². The molecule has 4 heteroatoms. The van der Waals surface area contributed by atoms with Crippen molar-refractivity contribution < 1.29 is 14.3 Å². The van der Waals surface area contributed by atoms with Crippen molar-refractivity contribution in [1.82, 2.24) is 0 Å². The van der Waals surface area contributed by atoms with Gasteiger partial charge in [-0.2, -0.15) is 0 Å². The van der Waals surface area contributed by atoms with Gasteiger partial charge in [0.25, 0.3) is 0 Å². The summed E-state index contributed by atoms with van der Waals surface area (Å²) in [7, 11) is 0. The maximum absolute atomic E-state index is 5.82. The first kappa shape index (κ1) is 24.6. The molecule has 0 aliphatic rings. The number of rotatable bonds is 9. The Hall–Kier alpha value is -3.08. The molecule has 0 spiro atoms. The number of nitrogens with two attached hydrogens (primary N) is 1. The molecule has 0 unspecified atom stereocenters. The van der Waals surface area contributed by atoms with Crippen molar-refractivity contribution in [3.05, 3.63) is 83.9 Å². The Balaban J connectivity index is 0.000000709. The van der Waals surface area contributed by atoms with Crippen LogP contribution in [-0.2, 0) is 17.7 Å². The summed E-state index contributed by atoms with van der Waals surface area (Å²) < 4.78 is 11.6. The third-order valence-corrected chi connectivity index (χ3v) is 5.61. The molecular weight excluding hydrogens is 410 g/mol. The molecule has 4 aromatic rings. The van der Waals surface area contributed by atoms with Gasteiger partial charge in [0.05, 0.1) is 19.8 Å². The lowest BCUT2D eigenvalue weighted by Crippen LogP contribution is -1.97. The van der Waals surface area contributed by atoms with E-state index in [1.807, 2.05) is 20.8 Å². The third kappa shape index (κ3) is 6.25. The first-order valence-electron chi connectivity index (χ1n) is 11.8. The number of hydrogen-bond donors (Lipinski definition) is 1. The highest BCUT2D eigenvalue weighted by molar-refractivity contribution is 5.92. The van der Waals surface area contributed by atoms with Gasteiger partial charge >= 0.3 is 0 Å². The average Bonchev–Trinajstić information content (AvgIpc) is 2.87. The van der Waals surface area contributed by atoms with Crippen LogP contribution >= 0.6 is 0 Å². The second kappa shape index (κ2) is 12.8. The molecule has 0 atom stereocenters. The molecule has 2 N–H and O–H groups in total. The molecule has 33 heavy (non-hydrogen) atoms. The van der Waals surface area contributed by atoms with Gasteiger partial charge in [-0.1, -0.05) is 60.7 Å². The molecule has 0 saturated carbocycles. The normalized spacial score (nSPS) is 10.7. The van der Waals surface area contributed by atoms with E-state index in [0.29, 0.717) is 19.8 Å². The van der Waals surface area contributed by atoms with Crippen LogP contribution in [0.25, 0.3) is 21.5 Å². The Labute approximate surface area is 197 Å². The van der Waals surface area contributed by atoms with Gasteiger partial charge in [-0.25, -0.2) is 5.90 Å². The third-order valence-electron chi connectivity index (χ3n) is 5.61. The van der Waals surface area contributed by atoms with Crippen LogP contribution in [0.2, 0.25) is 0 Å². The van der Waals surface area contributed by atoms with Gasteiger partial charge in [-0.05, 0) is 74.1 Å². The molecule has 0 fully saturated rings. The van der Waals surface area contributed by atoms with E-state index in [-0.39, 0.29) is 0 Å². The van der Waals surface area contributed by atoms with E-state index in [0.717, 1.165) is 30.8 Å². The van der Waals surface area contributed by atoms with Crippen molar-refractivity contribution in [2.75, 3.05) is 19.8 Å². The van der Waals surface area contributed by atoms with Crippen LogP contribution in [0.3, 0.4) is 0 Å². The summed E-state index contributed by atoms with van der Waals surface area (Å²) in [6.45, 7) is 7.87. The number of fused-ring (bicyclic) bond motifs is 2. The Morgan fingerprint density at radius 2 is 0.939 bits per heavy atom. The van der Waals surface area contributed by atoms with Crippen LogP contribution in [0.5, 0.6) is 11.5 Å². The Kier molecular flexibility index (Phi) is 9.55. The van der Waals surface area contributed by atoms with Crippen LogP contribution in [-0.4, -0.2) is 19.8 Å². The number of benzene rings is 4. The minimum atomic E-state index is 0.597. The van der Waals surface area contributed by atoms with Gasteiger partial charge in [0.2, 0.25) is 0 Å². The fourth-order valence-corrected chi connectivity index (χ4v) is 4.14. The van der Waals surface area contributed by atoms with Crippen LogP contribution in [0.4, 0.5) is 0 Å². The van der Waals surface area contributed by atoms with Crippen molar-refractivity contribution >= 4 is 21.5 Å². The summed E-state index contributed by atoms with van der Waals surface area (Å²) in [6, 6.07) is 25.8. The molecule has 0 bridgehead atoms. The van der Waals surface area contributed by atoms with Crippen LogP contribution in [0.15, 0.2) is 72.8 Å². The van der Waals surface area contributed by atoms with E-state index in [1.54, 1.807) is 0 Å². The lowest BCUT2D eigenvalue weighted by atomic mass is 9.96. The molecule has 0 saturated heterocycles. The maximum atomic E-state index is 5.82. The summed E-state index contributed by atoms with van der Waals surface area (Å²) in [6.07, 6.45) is 3.21. The molecule has 4 aromatic carbocycles. The molecule has 0 radical (unpaired) electrons. The molecule has 0 heterocycles. The van der Waals surface area contributed by atoms with Crippen molar-refractivity contribution in [3.8, 4) is 11.5 Å². The van der Waals surface area contributed by atoms with E-state index >= 15 is 0 Å². The highest BCUT2D eigenvalue weighted by Crippen LogP contribution is 2.31. The zero-order valence-corrected chi connectivity index (χ0v) is 20.0. The number of ether oxygens (including phenoxy) is 2. The predicted molar refractivity (Wildman–Crippen MR) is 138 cm³/mol. The van der Waals surface area contributed by atoms with E-state index in [9.17, 15) is 0 Å². The van der Waals surface area contributed by atoms with Gasteiger partial charge in [0.1, 0.15) is 11.5 Å². The topological polar surface area (TPSA) is 53.7 Å². The van der Waals surface area contributed by atoms with Crippen molar-refractivity contribution in [1.29, 1.82) is 0 Å². The fourth-order valence-electron chi connectivity index (χ4n) is 4.14. The van der Waals surface area contributed by atoms with Gasteiger partial charge < -0.3 is 14.3 Å². The number of aryl methyl sites for hydroxylation is 2. The maximum Gasteiger partial charge on any atom is 0.127 e. The molecule has 0 aromatic heterocycles. The van der Waals surface area contributed by atoms with Crippen LogP contribution < -0.4 is 15.4 Å². The SMILES string of the molecule is CCON.CCOc1ccc(CCCc2ccc(OCC)c3ccccc23)c2ccccc12. The summed E-state index contributed by atoms with van der Waals surface area (Å²) in [5.41, 5.74) is 2.78. The summed E-state index contributed by atoms with van der Waals surface area (Å²) in [5.74, 6) is 6.48. The van der Waals surface area contributed by atoms with Gasteiger partial charge in [-0.3, -0.25) is 0 Å². The Morgan fingerprint density at radius 3 is 1.30 bits per heavy atom. The van der Waals surface area contributed by atoms with Crippen molar-refractivity contribution in [2.24, 2.45) is 5.90 Å². The zero-order valence-electron chi connectivity index (χ0n) is 20.0. The van der Waals surface area contributed by atoms with E-state index in [2.05, 4.69) is 83.5 Å². The molecule has 0 aliphatic heterocycles. The van der Waals surface area contributed by atoms with E-state index in [1.165, 1.54) is 32.7 Å². The minimum Gasteiger partial charge on any atom is -0.493 e. The monoisotopic (exact) mass is 445 g/mol. The first-order valence-corrected chi connectivity index (χ1v) is 11.8. The molecular formula is C29H35NO3. The quantitative estimate of drug-likeness (QED) is 0.286. The van der Waals surface area contributed by atoms with E-state index < -0.39 is 0 Å². The molecule has 4 rings (SSSR count). The summed E-state index contributed by atoms with van der Waals surface area (Å²) in [4.78, 5) is 4.04. The lowest BCUT2D eigenvalue weighted by Gasteiger charge is -2.13.